The van der Waals surface area contributed by atoms with Crippen molar-refractivity contribution < 1.29 is 4.79 Å². The SMILES string of the molecule is CCN1CCN(c2nc3cc(C)c(C(=O)NC4CCCC4)cc3s2)CC1. The van der Waals surface area contributed by atoms with Gasteiger partial charge in [-0.05, 0) is 44.0 Å². The molecule has 1 aromatic carbocycles. The summed E-state index contributed by atoms with van der Waals surface area (Å²) >= 11 is 1.71. The number of aromatic nitrogens is 1. The molecular weight excluding hydrogens is 344 g/mol. The lowest BCUT2D eigenvalue weighted by atomic mass is 10.1. The number of aryl methyl sites for hydroxylation is 1. The summed E-state index contributed by atoms with van der Waals surface area (Å²) in [5, 5.41) is 4.30. The Morgan fingerprint density at radius 3 is 2.65 bits per heavy atom. The Hall–Kier alpha value is -1.66. The first-order chi connectivity index (χ1) is 12.6. The van der Waals surface area contributed by atoms with Crippen LogP contribution in [0.15, 0.2) is 12.1 Å². The summed E-state index contributed by atoms with van der Waals surface area (Å²) in [5.41, 5.74) is 2.83. The van der Waals surface area contributed by atoms with Crippen LogP contribution in [-0.4, -0.2) is 54.6 Å². The fourth-order valence-electron chi connectivity index (χ4n) is 4.03. The molecule has 6 heteroatoms. The number of piperazine rings is 1. The molecule has 5 nitrogen and oxygen atoms in total. The molecular formula is C20H28N4OS. The first kappa shape index (κ1) is 17.7. The number of nitrogens with zero attached hydrogens (tertiary/aromatic N) is 3. The largest absolute Gasteiger partial charge is 0.349 e. The number of thiazole rings is 1. The molecule has 2 aliphatic rings. The zero-order valence-electron chi connectivity index (χ0n) is 15.8. The second-order valence-electron chi connectivity index (χ2n) is 7.51. The van der Waals surface area contributed by atoms with E-state index in [-0.39, 0.29) is 5.91 Å². The minimum absolute atomic E-state index is 0.0720. The van der Waals surface area contributed by atoms with E-state index in [1.807, 2.05) is 13.0 Å². The van der Waals surface area contributed by atoms with Crippen molar-refractivity contribution in [3.63, 3.8) is 0 Å². The average Bonchev–Trinajstić information content (AvgIpc) is 3.30. The van der Waals surface area contributed by atoms with Gasteiger partial charge in [0, 0.05) is 37.8 Å². The Kier molecular flexibility index (Phi) is 5.14. The third-order valence-corrected chi connectivity index (χ3v) is 6.83. The molecule has 0 spiro atoms. The fraction of sp³-hybridized carbons (Fsp3) is 0.600. The number of fused-ring (bicyclic) bond motifs is 1. The predicted molar refractivity (Wildman–Crippen MR) is 108 cm³/mol. The molecule has 26 heavy (non-hydrogen) atoms. The lowest BCUT2D eigenvalue weighted by molar-refractivity contribution is 0.0937. The molecule has 1 saturated carbocycles. The van der Waals surface area contributed by atoms with Gasteiger partial charge in [0.1, 0.15) is 0 Å². The molecule has 1 N–H and O–H groups in total. The van der Waals surface area contributed by atoms with Crippen LogP contribution in [0.3, 0.4) is 0 Å². The van der Waals surface area contributed by atoms with E-state index < -0.39 is 0 Å². The molecule has 0 radical (unpaired) electrons. The van der Waals surface area contributed by atoms with E-state index in [0.29, 0.717) is 6.04 Å². The van der Waals surface area contributed by atoms with Crippen LogP contribution >= 0.6 is 11.3 Å². The van der Waals surface area contributed by atoms with Gasteiger partial charge in [0.05, 0.1) is 10.2 Å². The van der Waals surface area contributed by atoms with Gasteiger partial charge in [-0.1, -0.05) is 31.1 Å². The van der Waals surface area contributed by atoms with E-state index in [4.69, 9.17) is 4.98 Å². The molecule has 0 atom stereocenters. The van der Waals surface area contributed by atoms with Gasteiger partial charge in [0.25, 0.3) is 5.91 Å². The highest BCUT2D eigenvalue weighted by molar-refractivity contribution is 7.22. The van der Waals surface area contributed by atoms with Crippen LogP contribution in [0, 0.1) is 6.92 Å². The summed E-state index contributed by atoms with van der Waals surface area (Å²) in [6.45, 7) is 9.60. The maximum absolute atomic E-state index is 12.7. The number of hydrogen-bond acceptors (Lipinski definition) is 5. The Balaban J connectivity index is 1.53. The normalized spacial score (nSPS) is 19.4. The number of likely N-dealkylation sites (N-methyl/N-ethyl adjacent to an activating group) is 1. The summed E-state index contributed by atoms with van der Waals surface area (Å²) in [6.07, 6.45) is 4.68. The number of carbonyl (C=O) groups excluding carboxylic acids is 1. The van der Waals surface area contributed by atoms with Gasteiger partial charge >= 0.3 is 0 Å². The molecule has 1 aromatic heterocycles. The number of rotatable bonds is 4. The van der Waals surface area contributed by atoms with Gasteiger partial charge in [-0.25, -0.2) is 4.98 Å². The molecule has 140 valence electrons. The van der Waals surface area contributed by atoms with E-state index in [1.165, 1.54) is 12.8 Å². The van der Waals surface area contributed by atoms with Gasteiger partial charge in [-0.3, -0.25) is 4.79 Å². The summed E-state index contributed by atoms with van der Waals surface area (Å²) in [6, 6.07) is 4.46. The van der Waals surface area contributed by atoms with Crippen molar-refractivity contribution in [2.45, 2.75) is 45.6 Å². The molecule has 2 heterocycles. The molecule has 0 unspecified atom stereocenters. The number of amides is 1. The minimum Gasteiger partial charge on any atom is -0.349 e. The number of hydrogen-bond donors (Lipinski definition) is 1. The first-order valence-electron chi connectivity index (χ1n) is 9.83. The van der Waals surface area contributed by atoms with Crippen molar-refractivity contribution in [2.75, 3.05) is 37.6 Å². The summed E-state index contributed by atoms with van der Waals surface area (Å²) in [5.74, 6) is 0.0720. The number of carbonyl (C=O) groups is 1. The number of nitrogens with one attached hydrogen (secondary N) is 1. The van der Waals surface area contributed by atoms with Gasteiger partial charge in [-0.15, -0.1) is 0 Å². The summed E-state index contributed by atoms with van der Waals surface area (Å²) in [7, 11) is 0. The van der Waals surface area contributed by atoms with Crippen LogP contribution in [0.4, 0.5) is 5.13 Å². The van der Waals surface area contributed by atoms with Crippen molar-refractivity contribution in [3.05, 3.63) is 23.3 Å². The summed E-state index contributed by atoms with van der Waals surface area (Å²) < 4.78 is 1.11. The zero-order chi connectivity index (χ0) is 18.1. The standard InChI is InChI=1S/C20H28N4OS/c1-3-23-8-10-24(11-9-23)20-22-17-12-14(2)16(13-18(17)26-20)19(25)21-15-6-4-5-7-15/h12-13,15H,3-11H2,1-2H3,(H,21,25). The number of benzene rings is 1. The highest BCUT2D eigenvalue weighted by Gasteiger charge is 2.22. The van der Waals surface area contributed by atoms with E-state index in [2.05, 4.69) is 28.1 Å². The summed E-state index contributed by atoms with van der Waals surface area (Å²) in [4.78, 5) is 22.4. The van der Waals surface area contributed by atoms with Crippen LogP contribution in [0.1, 0.15) is 48.5 Å². The van der Waals surface area contributed by atoms with Gasteiger partial charge in [0.15, 0.2) is 5.13 Å². The first-order valence-corrected chi connectivity index (χ1v) is 10.6. The monoisotopic (exact) mass is 372 g/mol. The maximum atomic E-state index is 12.7. The Morgan fingerprint density at radius 1 is 1.23 bits per heavy atom. The van der Waals surface area contributed by atoms with Gasteiger partial charge < -0.3 is 15.1 Å². The molecule has 1 aliphatic heterocycles. The Labute approximate surface area is 159 Å². The number of anilines is 1. The zero-order valence-corrected chi connectivity index (χ0v) is 16.6. The molecule has 2 aromatic rings. The average molecular weight is 373 g/mol. The van der Waals surface area contributed by atoms with Crippen LogP contribution in [0.25, 0.3) is 10.2 Å². The fourth-order valence-corrected chi connectivity index (χ4v) is 5.07. The molecule has 1 saturated heterocycles. The molecule has 4 rings (SSSR count). The van der Waals surface area contributed by atoms with Crippen molar-refractivity contribution in [1.29, 1.82) is 0 Å². The van der Waals surface area contributed by atoms with Crippen molar-refractivity contribution >= 4 is 32.6 Å². The molecule has 1 amide bonds. The Morgan fingerprint density at radius 2 is 1.96 bits per heavy atom. The van der Waals surface area contributed by atoms with E-state index in [0.717, 1.165) is 72.0 Å². The second kappa shape index (κ2) is 7.53. The van der Waals surface area contributed by atoms with Crippen LogP contribution < -0.4 is 10.2 Å². The van der Waals surface area contributed by atoms with Gasteiger partial charge in [0.2, 0.25) is 0 Å². The molecule has 2 fully saturated rings. The quantitative estimate of drug-likeness (QED) is 0.893. The topological polar surface area (TPSA) is 48.5 Å². The predicted octanol–water partition coefficient (Wildman–Crippen LogP) is 3.42. The van der Waals surface area contributed by atoms with Crippen LogP contribution in [0.2, 0.25) is 0 Å². The molecule has 1 aliphatic carbocycles. The third kappa shape index (κ3) is 3.58. The highest BCUT2D eigenvalue weighted by atomic mass is 32.1. The lowest BCUT2D eigenvalue weighted by Gasteiger charge is -2.33. The van der Waals surface area contributed by atoms with E-state index >= 15 is 0 Å². The Bertz CT molecular complexity index is 788. The van der Waals surface area contributed by atoms with Gasteiger partial charge in [-0.2, -0.15) is 0 Å². The maximum Gasteiger partial charge on any atom is 0.251 e. The smallest absolute Gasteiger partial charge is 0.251 e. The molecule has 0 bridgehead atoms. The van der Waals surface area contributed by atoms with Crippen molar-refractivity contribution in [3.8, 4) is 0 Å². The highest BCUT2D eigenvalue weighted by Crippen LogP contribution is 2.31. The van der Waals surface area contributed by atoms with Crippen LogP contribution in [-0.2, 0) is 0 Å². The second-order valence-corrected chi connectivity index (χ2v) is 8.52. The van der Waals surface area contributed by atoms with E-state index in [1.54, 1.807) is 11.3 Å². The lowest BCUT2D eigenvalue weighted by Crippen LogP contribution is -2.46. The van der Waals surface area contributed by atoms with Crippen LogP contribution in [0.5, 0.6) is 0 Å². The van der Waals surface area contributed by atoms with Crippen molar-refractivity contribution in [1.82, 2.24) is 15.2 Å². The minimum atomic E-state index is 0.0720. The van der Waals surface area contributed by atoms with Crippen molar-refractivity contribution in [2.24, 2.45) is 0 Å². The third-order valence-electron chi connectivity index (χ3n) is 5.75. The van der Waals surface area contributed by atoms with E-state index in [9.17, 15) is 4.79 Å².